The van der Waals surface area contributed by atoms with E-state index in [4.69, 9.17) is 0 Å². The van der Waals surface area contributed by atoms with Crippen LogP contribution in [0.2, 0.25) is 0 Å². The van der Waals surface area contributed by atoms with E-state index >= 15 is 0 Å². The SMILES string of the molecule is CNCSc1ccc(C)cc1. The van der Waals surface area contributed by atoms with E-state index in [0.29, 0.717) is 0 Å². The highest BCUT2D eigenvalue weighted by molar-refractivity contribution is 7.99. The van der Waals surface area contributed by atoms with Crippen molar-refractivity contribution in [3.63, 3.8) is 0 Å². The van der Waals surface area contributed by atoms with Gasteiger partial charge in [0.15, 0.2) is 0 Å². The summed E-state index contributed by atoms with van der Waals surface area (Å²) in [4.78, 5) is 1.32. The van der Waals surface area contributed by atoms with Gasteiger partial charge in [0.05, 0.1) is 0 Å². The summed E-state index contributed by atoms with van der Waals surface area (Å²) in [5, 5.41) is 3.09. The minimum atomic E-state index is 0.975. The number of benzene rings is 1. The predicted octanol–water partition coefficient (Wildman–Crippen LogP) is 2.26. The van der Waals surface area contributed by atoms with Crippen LogP contribution in [0.15, 0.2) is 29.2 Å². The topological polar surface area (TPSA) is 12.0 Å². The summed E-state index contributed by atoms with van der Waals surface area (Å²) in [6.07, 6.45) is 0. The number of thioether (sulfide) groups is 1. The number of nitrogens with one attached hydrogen (secondary N) is 1. The van der Waals surface area contributed by atoms with Crippen molar-refractivity contribution in [2.75, 3.05) is 12.9 Å². The van der Waals surface area contributed by atoms with Crippen molar-refractivity contribution in [3.8, 4) is 0 Å². The van der Waals surface area contributed by atoms with E-state index in [9.17, 15) is 0 Å². The van der Waals surface area contributed by atoms with Gasteiger partial charge in [-0.15, -0.1) is 11.8 Å². The van der Waals surface area contributed by atoms with Crippen LogP contribution in [0.4, 0.5) is 0 Å². The average Bonchev–Trinajstić information content (AvgIpc) is 2.04. The van der Waals surface area contributed by atoms with Crippen LogP contribution in [-0.4, -0.2) is 12.9 Å². The van der Waals surface area contributed by atoms with E-state index in [0.717, 1.165) is 5.88 Å². The van der Waals surface area contributed by atoms with Gasteiger partial charge in [-0.3, -0.25) is 0 Å². The molecular formula is C9H13NS. The Kier molecular flexibility index (Phi) is 3.46. The predicted molar refractivity (Wildman–Crippen MR) is 51.0 cm³/mol. The lowest BCUT2D eigenvalue weighted by Gasteiger charge is -1.99. The zero-order valence-electron chi connectivity index (χ0n) is 6.92. The number of hydrogen-bond donors (Lipinski definition) is 1. The Hall–Kier alpha value is -0.470. The summed E-state index contributed by atoms with van der Waals surface area (Å²) < 4.78 is 0. The lowest BCUT2D eigenvalue weighted by atomic mass is 10.2. The van der Waals surface area contributed by atoms with Gasteiger partial charge >= 0.3 is 0 Å². The van der Waals surface area contributed by atoms with Gasteiger partial charge in [0.1, 0.15) is 0 Å². The molecule has 0 heterocycles. The molecule has 0 fully saturated rings. The second-order valence-electron chi connectivity index (χ2n) is 2.46. The maximum atomic E-state index is 3.09. The molecule has 1 N–H and O–H groups in total. The highest BCUT2D eigenvalue weighted by atomic mass is 32.2. The molecule has 1 aromatic carbocycles. The maximum absolute atomic E-state index is 3.09. The molecule has 0 aliphatic rings. The Morgan fingerprint density at radius 3 is 2.45 bits per heavy atom. The van der Waals surface area contributed by atoms with Crippen LogP contribution >= 0.6 is 11.8 Å². The maximum Gasteiger partial charge on any atom is 0.0463 e. The van der Waals surface area contributed by atoms with Crippen molar-refractivity contribution in [3.05, 3.63) is 29.8 Å². The first kappa shape index (κ1) is 8.62. The first-order chi connectivity index (χ1) is 5.33. The molecule has 0 amide bonds. The number of rotatable bonds is 3. The molecule has 0 bridgehead atoms. The highest BCUT2D eigenvalue weighted by Crippen LogP contribution is 2.16. The Labute approximate surface area is 72.2 Å². The van der Waals surface area contributed by atoms with Gasteiger partial charge in [-0.25, -0.2) is 0 Å². The van der Waals surface area contributed by atoms with Crippen molar-refractivity contribution >= 4 is 11.8 Å². The van der Waals surface area contributed by atoms with Crippen LogP contribution in [0.1, 0.15) is 5.56 Å². The third-order valence-corrected chi connectivity index (χ3v) is 2.44. The second kappa shape index (κ2) is 4.42. The molecular weight excluding hydrogens is 154 g/mol. The molecule has 1 rings (SSSR count). The van der Waals surface area contributed by atoms with Gasteiger partial charge in [-0.2, -0.15) is 0 Å². The van der Waals surface area contributed by atoms with Gasteiger partial charge in [-0.05, 0) is 26.1 Å². The summed E-state index contributed by atoms with van der Waals surface area (Å²) >= 11 is 1.82. The Morgan fingerprint density at radius 1 is 1.27 bits per heavy atom. The normalized spacial score (nSPS) is 10.0. The van der Waals surface area contributed by atoms with Crippen molar-refractivity contribution in [1.29, 1.82) is 0 Å². The standard InChI is InChI=1S/C9H13NS/c1-8-3-5-9(6-4-8)11-7-10-2/h3-6,10H,7H2,1-2H3. The quantitative estimate of drug-likeness (QED) is 0.547. The van der Waals surface area contributed by atoms with Crippen molar-refractivity contribution in [1.82, 2.24) is 5.32 Å². The fourth-order valence-electron chi connectivity index (χ4n) is 0.790. The van der Waals surface area contributed by atoms with Crippen LogP contribution in [0.25, 0.3) is 0 Å². The van der Waals surface area contributed by atoms with Crippen molar-refractivity contribution in [2.45, 2.75) is 11.8 Å². The Bertz CT molecular complexity index is 205. The average molecular weight is 167 g/mol. The fraction of sp³-hybridized carbons (Fsp3) is 0.333. The fourth-order valence-corrected chi connectivity index (χ4v) is 1.43. The summed E-state index contributed by atoms with van der Waals surface area (Å²) in [5.74, 6) is 0.975. The molecule has 1 aromatic rings. The third-order valence-electron chi connectivity index (χ3n) is 1.40. The van der Waals surface area contributed by atoms with E-state index in [2.05, 4.69) is 36.5 Å². The van der Waals surface area contributed by atoms with Gasteiger partial charge in [0, 0.05) is 10.8 Å². The lowest BCUT2D eigenvalue weighted by molar-refractivity contribution is 0.982. The van der Waals surface area contributed by atoms with E-state index in [1.807, 2.05) is 18.8 Å². The molecule has 0 radical (unpaired) electrons. The third kappa shape index (κ3) is 2.95. The monoisotopic (exact) mass is 167 g/mol. The van der Waals surface area contributed by atoms with E-state index in [1.54, 1.807) is 0 Å². The van der Waals surface area contributed by atoms with Crippen LogP contribution in [-0.2, 0) is 0 Å². The molecule has 0 aliphatic carbocycles. The van der Waals surface area contributed by atoms with Crippen LogP contribution in [0.5, 0.6) is 0 Å². The molecule has 2 heteroatoms. The second-order valence-corrected chi connectivity index (χ2v) is 3.50. The summed E-state index contributed by atoms with van der Waals surface area (Å²) in [7, 11) is 1.96. The van der Waals surface area contributed by atoms with E-state index in [-0.39, 0.29) is 0 Å². The van der Waals surface area contributed by atoms with Gasteiger partial charge in [0.25, 0.3) is 0 Å². The smallest absolute Gasteiger partial charge is 0.0463 e. The first-order valence-electron chi connectivity index (χ1n) is 3.67. The molecule has 0 saturated heterocycles. The minimum Gasteiger partial charge on any atom is -0.311 e. The lowest BCUT2D eigenvalue weighted by Crippen LogP contribution is -2.02. The molecule has 60 valence electrons. The summed E-state index contributed by atoms with van der Waals surface area (Å²) in [6, 6.07) is 8.57. The molecule has 0 spiro atoms. The Morgan fingerprint density at radius 2 is 1.91 bits per heavy atom. The molecule has 0 unspecified atom stereocenters. The van der Waals surface area contributed by atoms with Gasteiger partial charge in [-0.1, -0.05) is 17.7 Å². The zero-order valence-corrected chi connectivity index (χ0v) is 7.74. The number of aryl methyl sites for hydroxylation is 1. The van der Waals surface area contributed by atoms with Gasteiger partial charge < -0.3 is 5.32 Å². The van der Waals surface area contributed by atoms with Crippen LogP contribution in [0, 0.1) is 6.92 Å². The molecule has 0 atom stereocenters. The molecule has 1 nitrogen and oxygen atoms in total. The van der Waals surface area contributed by atoms with Crippen molar-refractivity contribution < 1.29 is 0 Å². The van der Waals surface area contributed by atoms with E-state index < -0.39 is 0 Å². The largest absolute Gasteiger partial charge is 0.311 e. The zero-order chi connectivity index (χ0) is 8.10. The van der Waals surface area contributed by atoms with Crippen LogP contribution in [0.3, 0.4) is 0 Å². The van der Waals surface area contributed by atoms with Crippen molar-refractivity contribution in [2.24, 2.45) is 0 Å². The molecule has 0 aromatic heterocycles. The number of hydrogen-bond acceptors (Lipinski definition) is 2. The first-order valence-corrected chi connectivity index (χ1v) is 4.65. The molecule has 0 aliphatic heterocycles. The molecule has 0 saturated carbocycles. The summed E-state index contributed by atoms with van der Waals surface area (Å²) in [6.45, 7) is 2.10. The Balaban J connectivity index is 2.52. The van der Waals surface area contributed by atoms with E-state index in [1.165, 1.54) is 10.5 Å². The van der Waals surface area contributed by atoms with Gasteiger partial charge in [0.2, 0.25) is 0 Å². The molecule has 11 heavy (non-hydrogen) atoms. The highest BCUT2D eigenvalue weighted by Gasteiger charge is 1.90. The van der Waals surface area contributed by atoms with Crippen LogP contribution < -0.4 is 5.32 Å². The summed E-state index contributed by atoms with van der Waals surface area (Å²) in [5.41, 5.74) is 1.32. The minimum absolute atomic E-state index is 0.975.